The van der Waals surface area contributed by atoms with Gasteiger partial charge >= 0.3 is 5.97 Å². The molecule has 1 aliphatic heterocycles. The number of halogens is 1. The Morgan fingerprint density at radius 1 is 1.09 bits per heavy atom. The number of nitrogens with one attached hydrogen (secondary N) is 2. The van der Waals surface area contributed by atoms with E-state index in [1.165, 1.54) is 0 Å². The van der Waals surface area contributed by atoms with E-state index in [0.29, 0.717) is 22.8 Å². The smallest absolute Gasteiger partial charge is 0.303 e. The molecule has 0 bridgehead atoms. The van der Waals surface area contributed by atoms with Gasteiger partial charge in [0.2, 0.25) is 5.91 Å². The second kappa shape index (κ2) is 9.27. The topological polar surface area (TPSA) is 110 Å². The van der Waals surface area contributed by atoms with Crippen molar-refractivity contribution in [1.29, 1.82) is 0 Å². The van der Waals surface area contributed by atoms with Crippen LogP contribution in [0, 0.1) is 0 Å². The molecule has 0 radical (unpaired) electrons. The number of para-hydroxylation sites is 2. The van der Waals surface area contributed by atoms with Crippen molar-refractivity contribution in [2.75, 3.05) is 10.7 Å². The molecule has 8 nitrogen and oxygen atoms in total. The molecule has 1 aliphatic rings. The van der Waals surface area contributed by atoms with Crippen molar-refractivity contribution < 1.29 is 24.2 Å². The van der Waals surface area contributed by atoms with Crippen LogP contribution in [0.5, 0.6) is 5.75 Å². The van der Waals surface area contributed by atoms with E-state index in [1.807, 2.05) is 30.3 Å². The summed E-state index contributed by atoms with van der Waals surface area (Å²) in [6, 6.07) is 18.1. The summed E-state index contributed by atoms with van der Waals surface area (Å²) in [5.74, 6) is -1.26. The van der Waals surface area contributed by atoms with Gasteiger partial charge in [0.05, 0.1) is 24.2 Å². The summed E-state index contributed by atoms with van der Waals surface area (Å²) >= 11 is 3.40. The number of aromatic nitrogens is 1. The third-order valence-corrected chi connectivity index (χ3v) is 5.54. The normalized spacial score (nSPS) is 14.8. The highest BCUT2D eigenvalue weighted by atomic mass is 79.9. The number of hydrogen-bond donors (Lipinski definition) is 3. The Labute approximate surface area is 192 Å². The van der Waals surface area contributed by atoms with Gasteiger partial charge in [0.25, 0.3) is 5.91 Å². The number of carbonyl (C=O) groups is 3. The number of nitrogens with zero attached hydrogens (tertiary/aromatic N) is 1. The Hall–Kier alpha value is -3.59. The van der Waals surface area contributed by atoms with Gasteiger partial charge < -0.3 is 15.2 Å². The number of aliphatic carboxylic acids is 1. The zero-order valence-electron chi connectivity index (χ0n) is 16.9. The number of ether oxygens (including phenoxy) is 1. The van der Waals surface area contributed by atoms with E-state index in [2.05, 4.69) is 26.7 Å². The predicted octanol–water partition coefficient (Wildman–Crippen LogP) is 3.79. The van der Waals surface area contributed by atoms with Gasteiger partial charge in [0.1, 0.15) is 5.75 Å². The molecular weight excluding hydrogens is 478 g/mol. The highest BCUT2D eigenvalue weighted by molar-refractivity contribution is 9.10. The number of carboxylic acids is 1. The van der Waals surface area contributed by atoms with Crippen LogP contribution in [0.4, 0.5) is 5.69 Å². The van der Waals surface area contributed by atoms with Gasteiger partial charge in [-0.1, -0.05) is 40.2 Å². The maximum absolute atomic E-state index is 12.8. The second-order valence-corrected chi connectivity index (χ2v) is 8.19. The summed E-state index contributed by atoms with van der Waals surface area (Å²) in [7, 11) is 0. The number of amides is 2. The number of benzene rings is 2. The number of fused-ring (bicyclic) bond motifs is 1. The SMILES string of the molecule is O=C(O)CCc1ccc(-c2ccc(Br)cc2)n1NC(=O)C[C@@H]1Oc2ccccc2NC1=O. The molecule has 2 aromatic carbocycles. The summed E-state index contributed by atoms with van der Waals surface area (Å²) in [5.41, 5.74) is 5.54. The van der Waals surface area contributed by atoms with Crippen molar-refractivity contribution in [3.8, 4) is 17.0 Å². The molecule has 164 valence electrons. The molecule has 1 atom stereocenters. The van der Waals surface area contributed by atoms with Crippen molar-refractivity contribution in [3.05, 3.63) is 70.8 Å². The van der Waals surface area contributed by atoms with Gasteiger partial charge in [-0.3, -0.25) is 24.5 Å². The van der Waals surface area contributed by atoms with Crippen LogP contribution in [0.3, 0.4) is 0 Å². The minimum absolute atomic E-state index is 0.0788. The summed E-state index contributed by atoms with van der Waals surface area (Å²) < 4.78 is 8.19. The zero-order chi connectivity index (χ0) is 22.7. The van der Waals surface area contributed by atoms with Crippen LogP contribution >= 0.6 is 15.9 Å². The summed E-state index contributed by atoms with van der Waals surface area (Å²) in [6.45, 7) is 0. The number of carbonyl (C=O) groups excluding carboxylic acids is 2. The van der Waals surface area contributed by atoms with Gasteiger partial charge in [-0.05, 0) is 36.4 Å². The van der Waals surface area contributed by atoms with Crippen molar-refractivity contribution in [3.63, 3.8) is 0 Å². The van der Waals surface area contributed by atoms with E-state index in [4.69, 9.17) is 9.84 Å². The average Bonchev–Trinajstić information content (AvgIpc) is 3.15. The number of anilines is 1. The molecule has 32 heavy (non-hydrogen) atoms. The highest BCUT2D eigenvalue weighted by Gasteiger charge is 2.30. The average molecular weight is 498 g/mol. The third kappa shape index (κ3) is 4.83. The first-order chi connectivity index (χ1) is 15.4. The fourth-order valence-electron chi connectivity index (χ4n) is 3.45. The Balaban J connectivity index is 1.54. The van der Waals surface area contributed by atoms with Crippen LogP contribution in [0.2, 0.25) is 0 Å². The van der Waals surface area contributed by atoms with Crippen molar-refractivity contribution in [1.82, 2.24) is 4.68 Å². The van der Waals surface area contributed by atoms with Gasteiger partial charge in [-0.15, -0.1) is 0 Å². The molecule has 1 aromatic heterocycles. The van der Waals surface area contributed by atoms with Crippen molar-refractivity contribution in [2.45, 2.75) is 25.4 Å². The molecule has 0 aliphatic carbocycles. The van der Waals surface area contributed by atoms with Gasteiger partial charge in [-0.25, -0.2) is 0 Å². The van der Waals surface area contributed by atoms with E-state index >= 15 is 0 Å². The molecular formula is C23H20BrN3O5. The fourth-order valence-corrected chi connectivity index (χ4v) is 3.72. The molecule has 0 spiro atoms. The number of aryl methyl sites for hydroxylation is 1. The monoisotopic (exact) mass is 497 g/mol. The zero-order valence-corrected chi connectivity index (χ0v) is 18.5. The largest absolute Gasteiger partial charge is 0.481 e. The summed E-state index contributed by atoms with van der Waals surface area (Å²) in [5, 5.41) is 11.8. The van der Waals surface area contributed by atoms with Crippen LogP contribution < -0.4 is 15.5 Å². The third-order valence-electron chi connectivity index (χ3n) is 5.01. The molecule has 0 saturated carbocycles. The molecule has 2 amide bonds. The van der Waals surface area contributed by atoms with E-state index in [0.717, 1.165) is 10.0 Å². The highest BCUT2D eigenvalue weighted by Crippen LogP contribution is 2.30. The Bertz CT molecular complexity index is 1170. The van der Waals surface area contributed by atoms with Gasteiger partial charge in [0, 0.05) is 22.2 Å². The maximum atomic E-state index is 12.8. The lowest BCUT2D eigenvalue weighted by atomic mass is 10.1. The predicted molar refractivity (Wildman–Crippen MR) is 122 cm³/mol. The molecule has 2 heterocycles. The lowest BCUT2D eigenvalue weighted by molar-refractivity contribution is -0.137. The maximum Gasteiger partial charge on any atom is 0.303 e. The molecule has 0 saturated heterocycles. The van der Waals surface area contributed by atoms with E-state index < -0.39 is 23.9 Å². The fraction of sp³-hybridized carbons (Fsp3) is 0.174. The first-order valence-electron chi connectivity index (χ1n) is 9.95. The lowest BCUT2D eigenvalue weighted by Crippen LogP contribution is -2.40. The van der Waals surface area contributed by atoms with Crippen LogP contribution in [-0.4, -0.2) is 33.7 Å². The van der Waals surface area contributed by atoms with E-state index in [1.54, 1.807) is 35.0 Å². The molecule has 4 rings (SSSR count). The standard InChI is InChI=1S/C23H20BrN3O5/c24-15-7-5-14(6-8-15)18-11-9-16(10-12-22(29)30)27(18)26-21(28)13-20-23(31)25-17-3-1-2-4-19(17)32-20/h1-9,11,20H,10,12-13H2,(H,25,31)(H,26,28)(H,29,30)/t20-/m0/s1. The number of carboxylic acid groups (broad SMARTS) is 1. The van der Waals surface area contributed by atoms with Gasteiger partial charge in [0.15, 0.2) is 6.10 Å². The van der Waals surface area contributed by atoms with E-state index in [-0.39, 0.29) is 19.3 Å². The van der Waals surface area contributed by atoms with Crippen LogP contribution in [0.1, 0.15) is 18.5 Å². The second-order valence-electron chi connectivity index (χ2n) is 7.28. The molecule has 0 unspecified atom stereocenters. The minimum Gasteiger partial charge on any atom is -0.481 e. The van der Waals surface area contributed by atoms with Crippen molar-refractivity contribution in [2.24, 2.45) is 0 Å². The lowest BCUT2D eigenvalue weighted by Gasteiger charge is -2.25. The van der Waals surface area contributed by atoms with Crippen molar-refractivity contribution >= 4 is 39.4 Å². The molecule has 9 heteroatoms. The quantitative estimate of drug-likeness (QED) is 0.459. The van der Waals surface area contributed by atoms with E-state index in [9.17, 15) is 14.4 Å². The number of hydrogen-bond acceptors (Lipinski definition) is 4. The summed E-state index contributed by atoms with van der Waals surface area (Å²) in [6.07, 6.45) is -1.01. The Morgan fingerprint density at radius 3 is 2.59 bits per heavy atom. The first-order valence-corrected chi connectivity index (χ1v) is 10.7. The Morgan fingerprint density at radius 2 is 1.84 bits per heavy atom. The first kappa shape index (κ1) is 21.6. The molecule has 3 N–H and O–H groups in total. The van der Waals surface area contributed by atoms with Crippen LogP contribution in [-0.2, 0) is 20.8 Å². The number of rotatable bonds is 7. The molecule has 3 aromatic rings. The van der Waals surface area contributed by atoms with Crippen LogP contribution in [0.25, 0.3) is 11.3 Å². The van der Waals surface area contributed by atoms with Crippen LogP contribution in [0.15, 0.2) is 65.1 Å². The van der Waals surface area contributed by atoms with Gasteiger partial charge in [-0.2, -0.15) is 0 Å². The summed E-state index contributed by atoms with van der Waals surface area (Å²) in [4.78, 5) is 36.3. The Kier molecular flexibility index (Phi) is 6.27. The molecule has 0 fully saturated rings. The minimum atomic E-state index is -0.973.